The van der Waals surface area contributed by atoms with Crippen molar-refractivity contribution in [1.82, 2.24) is 4.98 Å². The lowest BCUT2D eigenvalue weighted by atomic mass is 10.2. The Morgan fingerprint density at radius 2 is 1.94 bits per heavy atom. The van der Waals surface area contributed by atoms with E-state index in [1.54, 1.807) is 0 Å². The molecule has 0 unspecified atom stereocenters. The number of halogens is 6. The fourth-order valence-corrected chi connectivity index (χ4v) is 1.67. The molecule has 0 aliphatic heterocycles. The largest absolute Gasteiger partial charge is 0.458 e. The summed E-state index contributed by atoms with van der Waals surface area (Å²) in [5, 5.41) is 10.4. The van der Waals surface area contributed by atoms with E-state index in [1.165, 1.54) is 0 Å². The molecule has 0 amide bonds. The fourth-order valence-electron chi connectivity index (χ4n) is 0.960. The Hall–Kier alpha value is -1.07. The van der Waals surface area contributed by atoms with Crippen LogP contribution in [0, 0.1) is 13.7 Å². The monoisotopic (exact) mass is 368 g/mol. The van der Waals surface area contributed by atoms with Crippen molar-refractivity contribution in [2.45, 2.75) is 12.6 Å². The highest BCUT2D eigenvalue weighted by molar-refractivity contribution is 14.1. The van der Waals surface area contributed by atoms with Gasteiger partial charge in [-0.25, -0.2) is 8.78 Å². The first-order valence-electron chi connectivity index (χ1n) is 3.84. The van der Waals surface area contributed by atoms with Crippen LogP contribution in [0.4, 0.5) is 27.8 Å². The van der Waals surface area contributed by atoms with Crippen molar-refractivity contribution in [2.75, 3.05) is 0 Å². The third-order valence-electron chi connectivity index (χ3n) is 1.67. The molecule has 0 radical (unpaired) electrons. The minimum Gasteiger partial charge on any atom is -0.358 e. The molecular formula is C7H2F5IN2O2. The lowest BCUT2D eigenvalue weighted by Crippen LogP contribution is -2.12. The van der Waals surface area contributed by atoms with Crippen LogP contribution in [0.2, 0.25) is 0 Å². The quantitative estimate of drug-likeness (QED) is 0.347. The van der Waals surface area contributed by atoms with E-state index in [-0.39, 0.29) is 6.07 Å². The van der Waals surface area contributed by atoms with Crippen molar-refractivity contribution in [3.63, 3.8) is 0 Å². The molecule has 1 aromatic rings. The van der Waals surface area contributed by atoms with Crippen LogP contribution in [-0.4, -0.2) is 9.91 Å². The van der Waals surface area contributed by atoms with Crippen LogP contribution in [0.1, 0.15) is 17.7 Å². The van der Waals surface area contributed by atoms with E-state index < -0.39 is 38.2 Å². The van der Waals surface area contributed by atoms with Crippen LogP contribution >= 0.6 is 22.6 Å². The van der Waals surface area contributed by atoms with Crippen LogP contribution in [0.25, 0.3) is 0 Å². The molecule has 1 rings (SSSR count). The second-order valence-corrected chi connectivity index (χ2v) is 3.87. The molecule has 0 aliphatic carbocycles. The van der Waals surface area contributed by atoms with E-state index in [0.717, 1.165) is 22.6 Å². The highest BCUT2D eigenvalue weighted by Gasteiger charge is 2.40. The van der Waals surface area contributed by atoms with E-state index in [1.807, 2.05) is 0 Å². The van der Waals surface area contributed by atoms with Crippen LogP contribution in [0.3, 0.4) is 0 Å². The van der Waals surface area contributed by atoms with Gasteiger partial charge in [0.15, 0.2) is 0 Å². The van der Waals surface area contributed by atoms with Crippen molar-refractivity contribution in [1.29, 1.82) is 0 Å². The summed E-state index contributed by atoms with van der Waals surface area (Å²) in [6.45, 7) is 0. The predicted molar refractivity (Wildman–Crippen MR) is 53.6 cm³/mol. The molecule has 0 saturated heterocycles. The zero-order valence-corrected chi connectivity index (χ0v) is 9.79. The summed E-state index contributed by atoms with van der Waals surface area (Å²) in [6, 6.07) is 0.111. The van der Waals surface area contributed by atoms with E-state index in [2.05, 4.69) is 4.98 Å². The number of rotatable bonds is 2. The van der Waals surface area contributed by atoms with E-state index in [4.69, 9.17) is 0 Å². The Morgan fingerprint density at radius 1 is 1.41 bits per heavy atom. The summed E-state index contributed by atoms with van der Waals surface area (Å²) >= 11 is 1.16. The van der Waals surface area contributed by atoms with E-state index in [9.17, 15) is 32.1 Å². The lowest BCUT2D eigenvalue weighted by molar-refractivity contribution is -0.391. The highest BCUT2D eigenvalue weighted by atomic mass is 127. The Morgan fingerprint density at radius 3 is 2.29 bits per heavy atom. The van der Waals surface area contributed by atoms with Gasteiger partial charge in [0.1, 0.15) is 3.57 Å². The molecular weight excluding hydrogens is 366 g/mol. The number of hydrogen-bond acceptors (Lipinski definition) is 3. The maximum atomic E-state index is 12.4. The zero-order chi connectivity index (χ0) is 13.4. The molecule has 0 aromatic carbocycles. The van der Waals surface area contributed by atoms with E-state index >= 15 is 0 Å². The summed E-state index contributed by atoms with van der Waals surface area (Å²) in [4.78, 5) is 11.9. The van der Waals surface area contributed by atoms with E-state index in [0.29, 0.717) is 0 Å². The average molecular weight is 368 g/mol. The average Bonchev–Trinajstić information content (AvgIpc) is 2.14. The standard InChI is InChI=1S/C7H2F5IN2O2/c8-5(9)2-1-3(7(10,11)12)14-6(4(2)13)15(16)17/h1,5H. The zero-order valence-electron chi connectivity index (χ0n) is 7.63. The van der Waals surface area contributed by atoms with Gasteiger partial charge in [-0.3, -0.25) is 0 Å². The second-order valence-electron chi connectivity index (χ2n) is 2.79. The Kier molecular flexibility index (Phi) is 3.84. The van der Waals surface area contributed by atoms with Crippen LogP contribution in [0.15, 0.2) is 6.07 Å². The molecule has 1 aromatic heterocycles. The third-order valence-corrected chi connectivity index (χ3v) is 2.77. The van der Waals surface area contributed by atoms with Crippen molar-refractivity contribution in [2.24, 2.45) is 0 Å². The topological polar surface area (TPSA) is 56.0 Å². The van der Waals surface area contributed by atoms with Crippen molar-refractivity contribution >= 4 is 28.4 Å². The van der Waals surface area contributed by atoms with Gasteiger partial charge >= 0.3 is 12.0 Å². The van der Waals surface area contributed by atoms with Gasteiger partial charge in [0.05, 0.1) is 0 Å². The minimum atomic E-state index is -5.02. The Bertz CT molecular complexity index is 462. The van der Waals surface area contributed by atoms with Crippen molar-refractivity contribution < 1.29 is 26.9 Å². The molecule has 0 fully saturated rings. The molecule has 0 spiro atoms. The second kappa shape index (κ2) is 4.66. The fraction of sp³-hybridized carbons (Fsp3) is 0.286. The maximum absolute atomic E-state index is 12.4. The number of alkyl halides is 5. The lowest BCUT2D eigenvalue weighted by Gasteiger charge is -2.07. The van der Waals surface area contributed by atoms with Gasteiger partial charge in [-0.1, -0.05) is 0 Å². The molecule has 0 bridgehead atoms. The Balaban J connectivity index is 3.53. The first kappa shape index (κ1) is 14.0. The molecule has 94 valence electrons. The van der Waals surface area contributed by atoms with Crippen molar-refractivity contribution in [3.05, 3.63) is 31.0 Å². The number of nitrogens with zero attached hydrogens (tertiary/aromatic N) is 2. The van der Waals surface area contributed by atoms with Crippen LogP contribution < -0.4 is 0 Å². The summed E-state index contributed by atoms with van der Waals surface area (Å²) in [5.74, 6) is -1.23. The normalized spacial score (nSPS) is 11.9. The molecule has 0 saturated carbocycles. The van der Waals surface area contributed by atoms with Gasteiger partial charge in [-0.05, 0) is 32.5 Å². The SMILES string of the molecule is O=[N+]([O-])c1nc(C(F)(F)F)cc(C(F)F)c1I. The maximum Gasteiger partial charge on any atom is 0.458 e. The molecule has 0 N–H and O–H groups in total. The molecule has 17 heavy (non-hydrogen) atoms. The van der Waals surface area contributed by atoms with Gasteiger partial charge in [0, 0.05) is 11.6 Å². The van der Waals surface area contributed by atoms with Gasteiger partial charge in [-0.15, -0.1) is 0 Å². The highest BCUT2D eigenvalue weighted by Crippen LogP contribution is 2.36. The summed E-state index contributed by atoms with van der Waals surface area (Å²) < 4.78 is 61.1. The number of hydrogen-bond donors (Lipinski definition) is 0. The number of nitro groups is 1. The summed E-state index contributed by atoms with van der Waals surface area (Å²) in [7, 11) is 0. The van der Waals surface area contributed by atoms with Crippen LogP contribution in [0.5, 0.6) is 0 Å². The molecule has 0 atom stereocenters. The van der Waals surface area contributed by atoms with Gasteiger partial charge < -0.3 is 10.1 Å². The van der Waals surface area contributed by atoms with Crippen LogP contribution in [-0.2, 0) is 6.18 Å². The van der Waals surface area contributed by atoms with Crippen molar-refractivity contribution in [3.8, 4) is 0 Å². The Labute approximate surface area is 104 Å². The number of pyridine rings is 1. The summed E-state index contributed by atoms with van der Waals surface area (Å²) in [6.07, 6.45) is -8.26. The first-order valence-corrected chi connectivity index (χ1v) is 4.92. The molecule has 0 aliphatic rings. The smallest absolute Gasteiger partial charge is 0.358 e. The third kappa shape index (κ3) is 2.98. The predicted octanol–water partition coefficient (Wildman–Crippen LogP) is 3.55. The molecule has 1 heterocycles. The van der Waals surface area contributed by atoms with Gasteiger partial charge in [0.2, 0.25) is 0 Å². The van der Waals surface area contributed by atoms with Gasteiger partial charge in [-0.2, -0.15) is 13.2 Å². The van der Waals surface area contributed by atoms with Gasteiger partial charge in [0.25, 0.3) is 12.1 Å². The number of aromatic nitrogens is 1. The summed E-state index contributed by atoms with van der Waals surface area (Å²) in [5.41, 5.74) is -2.76. The molecule has 4 nitrogen and oxygen atoms in total. The minimum absolute atomic E-state index is 0.111. The molecule has 10 heteroatoms. The first-order chi connectivity index (χ1) is 7.64.